The summed E-state index contributed by atoms with van der Waals surface area (Å²) in [7, 11) is 0. The topological polar surface area (TPSA) is 83.0 Å². The summed E-state index contributed by atoms with van der Waals surface area (Å²) in [5.41, 5.74) is 5.44. The van der Waals surface area contributed by atoms with Crippen LogP contribution in [0, 0.1) is 11.3 Å². The van der Waals surface area contributed by atoms with Gasteiger partial charge in [0.2, 0.25) is 5.91 Å². The van der Waals surface area contributed by atoms with Crippen molar-refractivity contribution in [3.8, 4) is 6.07 Å². The van der Waals surface area contributed by atoms with Crippen LogP contribution in [0.15, 0.2) is 12.3 Å². The van der Waals surface area contributed by atoms with E-state index in [1.165, 1.54) is 12.3 Å². The van der Waals surface area contributed by atoms with Gasteiger partial charge in [-0.25, -0.2) is 4.98 Å². The number of halogens is 1. The molecule has 0 fully saturated rings. The fourth-order valence-corrected chi connectivity index (χ4v) is 1.54. The van der Waals surface area contributed by atoms with E-state index >= 15 is 0 Å². The molecule has 0 atom stereocenters. The highest BCUT2D eigenvalue weighted by atomic mass is 35.5. The average Bonchev–Trinajstić information content (AvgIpc) is 2.26. The zero-order chi connectivity index (χ0) is 12.1. The highest BCUT2D eigenvalue weighted by molar-refractivity contribution is 6.34. The maximum atomic E-state index is 10.9. The van der Waals surface area contributed by atoms with Gasteiger partial charge in [-0.3, -0.25) is 4.79 Å². The minimum Gasteiger partial charge on any atom is -0.368 e. The SMILES string of the molecule is CCN(CC(N)=O)c1nccc(C#N)c1Cl. The smallest absolute Gasteiger partial charge is 0.236 e. The van der Waals surface area contributed by atoms with Crippen LogP contribution in [0.5, 0.6) is 0 Å². The Kier molecular flexibility index (Phi) is 4.09. The summed E-state index contributed by atoms with van der Waals surface area (Å²) in [6, 6.07) is 3.47. The quantitative estimate of drug-likeness (QED) is 0.846. The lowest BCUT2D eigenvalue weighted by molar-refractivity contribution is -0.116. The van der Waals surface area contributed by atoms with E-state index in [1.54, 1.807) is 4.90 Å². The van der Waals surface area contributed by atoms with E-state index in [0.717, 1.165) is 0 Å². The third-order valence-electron chi connectivity index (χ3n) is 2.02. The van der Waals surface area contributed by atoms with Gasteiger partial charge in [-0.05, 0) is 13.0 Å². The summed E-state index contributed by atoms with van der Waals surface area (Å²) >= 11 is 5.99. The lowest BCUT2D eigenvalue weighted by Crippen LogP contribution is -2.34. The van der Waals surface area contributed by atoms with Crippen LogP contribution in [0.25, 0.3) is 0 Å². The van der Waals surface area contributed by atoms with E-state index in [9.17, 15) is 4.79 Å². The zero-order valence-electron chi connectivity index (χ0n) is 8.77. The van der Waals surface area contributed by atoms with Crippen molar-refractivity contribution in [1.29, 1.82) is 5.26 Å². The summed E-state index contributed by atoms with van der Waals surface area (Å²) in [5.74, 6) is -0.0657. The molecule has 1 amide bonds. The van der Waals surface area contributed by atoms with Crippen molar-refractivity contribution < 1.29 is 4.79 Å². The fraction of sp³-hybridized carbons (Fsp3) is 0.300. The molecule has 0 spiro atoms. The van der Waals surface area contributed by atoms with Crippen molar-refractivity contribution >= 4 is 23.3 Å². The van der Waals surface area contributed by atoms with E-state index in [1.807, 2.05) is 13.0 Å². The van der Waals surface area contributed by atoms with Gasteiger partial charge in [0.25, 0.3) is 0 Å². The molecule has 0 saturated carbocycles. The second-order valence-corrected chi connectivity index (χ2v) is 3.47. The van der Waals surface area contributed by atoms with Crippen molar-refractivity contribution in [2.45, 2.75) is 6.92 Å². The molecule has 0 aliphatic carbocycles. The minimum atomic E-state index is -0.470. The monoisotopic (exact) mass is 238 g/mol. The van der Waals surface area contributed by atoms with Crippen LogP contribution in [-0.4, -0.2) is 24.0 Å². The number of carbonyl (C=O) groups is 1. The molecule has 0 aliphatic rings. The van der Waals surface area contributed by atoms with Crippen molar-refractivity contribution in [2.75, 3.05) is 18.0 Å². The number of hydrogen-bond donors (Lipinski definition) is 1. The number of anilines is 1. The number of nitrogens with zero attached hydrogens (tertiary/aromatic N) is 3. The van der Waals surface area contributed by atoms with E-state index in [2.05, 4.69) is 4.98 Å². The van der Waals surface area contributed by atoms with E-state index in [0.29, 0.717) is 17.9 Å². The average molecular weight is 239 g/mol. The first-order valence-electron chi connectivity index (χ1n) is 4.68. The number of rotatable bonds is 4. The molecule has 1 aromatic rings. The van der Waals surface area contributed by atoms with E-state index in [4.69, 9.17) is 22.6 Å². The first-order valence-corrected chi connectivity index (χ1v) is 5.05. The molecule has 2 N–H and O–H groups in total. The van der Waals surface area contributed by atoms with Gasteiger partial charge in [-0.1, -0.05) is 11.6 Å². The summed E-state index contributed by atoms with van der Waals surface area (Å²) < 4.78 is 0. The van der Waals surface area contributed by atoms with Gasteiger partial charge in [0, 0.05) is 12.7 Å². The molecule has 16 heavy (non-hydrogen) atoms. The van der Waals surface area contributed by atoms with Crippen LogP contribution in [0.3, 0.4) is 0 Å². The van der Waals surface area contributed by atoms with Gasteiger partial charge in [-0.15, -0.1) is 0 Å². The maximum Gasteiger partial charge on any atom is 0.236 e. The van der Waals surface area contributed by atoms with Crippen LogP contribution in [0.1, 0.15) is 12.5 Å². The summed E-state index contributed by atoms with van der Waals surface area (Å²) in [6.45, 7) is 2.41. The number of primary amides is 1. The minimum absolute atomic E-state index is 0.0259. The second kappa shape index (κ2) is 5.33. The van der Waals surface area contributed by atoms with Crippen molar-refractivity contribution in [3.05, 3.63) is 22.8 Å². The molecule has 1 heterocycles. The highest BCUT2D eigenvalue weighted by Gasteiger charge is 2.14. The van der Waals surface area contributed by atoms with Gasteiger partial charge in [0.15, 0.2) is 0 Å². The molecule has 0 bridgehead atoms. The highest BCUT2D eigenvalue weighted by Crippen LogP contribution is 2.25. The van der Waals surface area contributed by atoms with Crippen LogP contribution >= 0.6 is 11.6 Å². The molecule has 0 aromatic carbocycles. The predicted molar refractivity (Wildman–Crippen MR) is 61.0 cm³/mol. The Bertz CT molecular complexity index is 441. The number of likely N-dealkylation sites (N-methyl/N-ethyl adjacent to an activating group) is 1. The lowest BCUT2D eigenvalue weighted by atomic mass is 10.2. The third-order valence-corrected chi connectivity index (χ3v) is 2.39. The van der Waals surface area contributed by atoms with Crippen LogP contribution < -0.4 is 10.6 Å². The second-order valence-electron chi connectivity index (χ2n) is 3.09. The first kappa shape index (κ1) is 12.3. The molecule has 5 nitrogen and oxygen atoms in total. The molecular weight excluding hydrogens is 228 g/mol. The van der Waals surface area contributed by atoms with Crippen molar-refractivity contribution in [3.63, 3.8) is 0 Å². The van der Waals surface area contributed by atoms with Crippen molar-refractivity contribution in [2.24, 2.45) is 5.73 Å². The third kappa shape index (κ3) is 2.61. The summed E-state index contributed by atoms with van der Waals surface area (Å²) in [5, 5.41) is 9.05. The van der Waals surface area contributed by atoms with Gasteiger partial charge in [-0.2, -0.15) is 5.26 Å². The molecule has 0 unspecified atom stereocenters. The number of amides is 1. The summed E-state index contributed by atoms with van der Waals surface area (Å²) in [6.07, 6.45) is 1.48. The van der Waals surface area contributed by atoms with Gasteiger partial charge < -0.3 is 10.6 Å². The first-order chi connectivity index (χ1) is 7.60. The Balaban J connectivity index is 3.11. The van der Waals surface area contributed by atoms with Crippen LogP contribution in [0.4, 0.5) is 5.82 Å². The zero-order valence-corrected chi connectivity index (χ0v) is 9.53. The van der Waals surface area contributed by atoms with Gasteiger partial charge in [0.1, 0.15) is 16.9 Å². The Labute approximate surface area is 98.4 Å². The maximum absolute atomic E-state index is 10.9. The summed E-state index contributed by atoms with van der Waals surface area (Å²) in [4.78, 5) is 16.5. The van der Waals surface area contributed by atoms with Crippen LogP contribution in [-0.2, 0) is 4.79 Å². The molecule has 0 saturated heterocycles. The Morgan fingerprint density at radius 3 is 2.94 bits per heavy atom. The molecule has 1 rings (SSSR count). The predicted octanol–water partition coefficient (Wildman–Crippen LogP) is 0.918. The number of nitriles is 1. The lowest BCUT2D eigenvalue weighted by Gasteiger charge is -2.21. The Hall–Kier alpha value is -1.80. The number of carbonyl (C=O) groups excluding carboxylic acids is 1. The number of hydrogen-bond acceptors (Lipinski definition) is 4. The Morgan fingerprint density at radius 1 is 1.75 bits per heavy atom. The molecule has 0 radical (unpaired) electrons. The van der Waals surface area contributed by atoms with Crippen molar-refractivity contribution in [1.82, 2.24) is 4.98 Å². The van der Waals surface area contributed by atoms with E-state index < -0.39 is 5.91 Å². The normalized spacial score (nSPS) is 9.56. The van der Waals surface area contributed by atoms with Gasteiger partial charge >= 0.3 is 0 Å². The van der Waals surface area contributed by atoms with E-state index in [-0.39, 0.29) is 11.6 Å². The molecule has 6 heteroatoms. The molecular formula is C10H11ClN4O. The van der Waals surface area contributed by atoms with Gasteiger partial charge in [0.05, 0.1) is 12.1 Å². The standard InChI is InChI=1S/C10H11ClN4O/c1-2-15(6-8(13)16)10-9(11)7(5-12)3-4-14-10/h3-4H,2,6H2,1H3,(H2,13,16). The molecule has 84 valence electrons. The largest absolute Gasteiger partial charge is 0.368 e. The molecule has 1 aromatic heterocycles. The Morgan fingerprint density at radius 2 is 2.44 bits per heavy atom. The number of nitrogens with two attached hydrogens (primary N) is 1. The van der Waals surface area contributed by atoms with Crippen LogP contribution in [0.2, 0.25) is 5.02 Å². The number of pyridine rings is 1. The molecule has 0 aliphatic heterocycles. The number of aromatic nitrogens is 1. The fourth-order valence-electron chi connectivity index (χ4n) is 1.26.